The summed E-state index contributed by atoms with van der Waals surface area (Å²) < 4.78 is 1.60. The number of carbonyl (C=O) groups excluding carboxylic acids is 1. The number of hydrogen-bond acceptors (Lipinski definition) is 2. The molecule has 0 saturated heterocycles. The van der Waals surface area contributed by atoms with Gasteiger partial charge in [0.15, 0.2) is 0 Å². The van der Waals surface area contributed by atoms with E-state index < -0.39 is 0 Å². The molecule has 0 unspecified atom stereocenters. The van der Waals surface area contributed by atoms with Gasteiger partial charge < -0.3 is 0 Å². The summed E-state index contributed by atoms with van der Waals surface area (Å²) >= 11 is 5.87. The van der Waals surface area contributed by atoms with Gasteiger partial charge in [0.05, 0.1) is 11.2 Å². The van der Waals surface area contributed by atoms with Gasteiger partial charge in [-0.3, -0.25) is 9.48 Å². The quantitative estimate of drug-likeness (QED) is 0.571. The van der Waals surface area contributed by atoms with Crippen molar-refractivity contribution in [3.63, 3.8) is 0 Å². The number of aromatic nitrogens is 2. The van der Waals surface area contributed by atoms with E-state index in [1.165, 1.54) is 6.20 Å². The van der Waals surface area contributed by atoms with E-state index in [1.54, 1.807) is 10.8 Å². The number of aryl methyl sites for hydroxylation is 1. The minimum Gasteiger partial charge on any atom is -0.287 e. The predicted molar refractivity (Wildman–Crippen MR) is 56.7 cm³/mol. The van der Waals surface area contributed by atoms with Crippen LogP contribution in [0.3, 0.4) is 0 Å². The van der Waals surface area contributed by atoms with Crippen molar-refractivity contribution in [1.82, 2.24) is 9.78 Å². The molecule has 0 N–H and O–H groups in total. The second-order valence-electron chi connectivity index (χ2n) is 3.24. The number of rotatable bonds is 3. The molecular formula is C10H13ClN2O. The topological polar surface area (TPSA) is 34.9 Å². The van der Waals surface area contributed by atoms with Crippen molar-refractivity contribution in [1.29, 1.82) is 0 Å². The summed E-state index contributed by atoms with van der Waals surface area (Å²) in [6, 6.07) is 0. The van der Waals surface area contributed by atoms with Crippen LogP contribution >= 0.6 is 11.6 Å². The third kappa shape index (κ3) is 2.23. The Morgan fingerprint density at radius 3 is 2.79 bits per heavy atom. The molecule has 0 saturated carbocycles. The first-order chi connectivity index (χ1) is 6.56. The third-order valence-corrected chi connectivity index (χ3v) is 2.02. The third-order valence-electron chi connectivity index (χ3n) is 1.75. The van der Waals surface area contributed by atoms with E-state index in [-0.39, 0.29) is 5.78 Å². The SMILES string of the molecule is CCn1ncc(Cl)c1C(=O)C=C(C)C. The van der Waals surface area contributed by atoms with Crippen molar-refractivity contribution in [2.75, 3.05) is 0 Å². The Labute approximate surface area is 88.4 Å². The van der Waals surface area contributed by atoms with Crippen molar-refractivity contribution in [2.45, 2.75) is 27.3 Å². The Morgan fingerprint density at radius 1 is 1.64 bits per heavy atom. The zero-order chi connectivity index (χ0) is 10.7. The highest BCUT2D eigenvalue weighted by Gasteiger charge is 2.14. The zero-order valence-corrected chi connectivity index (χ0v) is 9.30. The standard InChI is InChI=1S/C10H13ClN2O/c1-4-13-10(8(11)6-12-13)9(14)5-7(2)3/h5-6H,4H2,1-3H3. The second-order valence-corrected chi connectivity index (χ2v) is 3.65. The number of nitrogens with zero attached hydrogens (tertiary/aromatic N) is 2. The van der Waals surface area contributed by atoms with Crippen LogP contribution in [0.5, 0.6) is 0 Å². The summed E-state index contributed by atoms with van der Waals surface area (Å²) in [4.78, 5) is 11.7. The monoisotopic (exact) mass is 212 g/mol. The summed E-state index contributed by atoms with van der Waals surface area (Å²) in [6.45, 7) is 6.31. The Morgan fingerprint density at radius 2 is 2.29 bits per heavy atom. The van der Waals surface area contributed by atoms with E-state index in [2.05, 4.69) is 5.10 Å². The molecule has 0 bridgehead atoms. The minimum atomic E-state index is -0.0886. The maximum absolute atomic E-state index is 11.7. The van der Waals surface area contributed by atoms with Gasteiger partial charge in [0, 0.05) is 6.54 Å². The smallest absolute Gasteiger partial charge is 0.205 e. The van der Waals surface area contributed by atoms with Gasteiger partial charge in [0.1, 0.15) is 5.69 Å². The number of hydrogen-bond donors (Lipinski definition) is 0. The number of ketones is 1. The fourth-order valence-electron chi connectivity index (χ4n) is 1.18. The molecule has 3 nitrogen and oxygen atoms in total. The van der Waals surface area contributed by atoms with Crippen LogP contribution in [0.25, 0.3) is 0 Å². The van der Waals surface area contributed by atoms with Crippen molar-refractivity contribution < 1.29 is 4.79 Å². The molecule has 0 spiro atoms. The number of halogens is 1. The fraction of sp³-hybridized carbons (Fsp3) is 0.400. The predicted octanol–water partition coefficient (Wildman–Crippen LogP) is 2.71. The second kappa shape index (κ2) is 4.42. The summed E-state index contributed by atoms with van der Waals surface area (Å²) in [7, 11) is 0. The van der Waals surface area contributed by atoms with Crippen LogP contribution in [0, 0.1) is 0 Å². The summed E-state index contributed by atoms with van der Waals surface area (Å²) in [5, 5.41) is 4.41. The molecule has 1 aromatic heterocycles. The van der Waals surface area contributed by atoms with Crippen molar-refractivity contribution in [2.24, 2.45) is 0 Å². The van der Waals surface area contributed by atoms with Gasteiger partial charge in [0.25, 0.3) is 0 Å². The fourth-order valence-corrected chi connectivity index (χ4v) is 1.41. The van der Waals surface area contributed by atoms with E-state index >= 15 is 0 Å². The minimum absolute atomic E-state index is 0.0886. The van der Waals surface area contributed by atoms with Crippen LogP contribution in [0.1, 0.15) is 31.3 Å². The largest absolute Gasteiger partial charge is 0.287 e. The van der Waals surface area contributed by atoms with Crippen LogP contribution in [0.2, 0.25) is 5.02 Å². The number of allylic oxidation sites excluding steroid dienone is 2. The molecule has 0 atom stereocenters. The van der Waals surface area contributed by atoms with Gasteiger partial charge in [-0.25, -0.2) is 0 Å². The Bertz CT molecular complexity index is 375. The summed E-state index contributed by atoms with van der Waals surface area (Å²) in [5.74, 6) is -0.0886. The van der Waals surface area contributed by atoms with Crippen LogP contribution in [0.15, 0.2) is 17.8 Å². The lowest BCUT2D eigenvalue weighted by Crippen LogP contribution is -2.08. The van der Waals surface area contributed by atoms with E-state index in [0.717, 1.165) is 5.57 Å². The van der Waals surface area contributed by atoms with Gasteiger partial charge in [-0.15, -0.1) is 0 Å². The molecule has 0 aromatic carbocycles. The molecule has 14 heavy (non-hydrogen) atoms. The Balaban J connectivity index is 3.11. The number of carbonyl (C=O) groups is 1. The van der Waals surface area contributed by atoms with Crippen molar-refractivity contribution in [3.05, 3.63) is 28.6 Å². The maximum Gasteiger partial charge on any atom is 0.205 e. The van der Waals surface area contributed by atoms with Crippen molar-refractivity contribution in [3.8, 4) is 0 Å². The van der Waals surface area contributed by atoms with Gasteiger partial charge in [0.2, 0.25) is 5.78 Å². The first-order valence-electron chi connectivity index (χ1n) is 4.46. The summed E-state index contributed by atoms with van der Waals surface area (Å²) in [5.41, 5.74) is 1.42. The van der Waals surface area contributed by atoms with E-state index in [1.807, 2.05) is 20.8 Å². The zero-order valence-electron chi connectivity index (χ0n) is 8.54. The molecule has 1 aromatic rings. The Hall–Kier alpha value is -1.09. The molecule has 0 aliphatic heterocycles. The lowest BCUT2D eigenvalue weighted by atomic mass is 10.2. The lowest BCUT2D eigenvalue weighted by Gasteiger charge is -2.01. The van der Waals surface area contributed by atoms with Crippen LogP contribution < -0.4 is 0 Å². The molecule has 0 amide bonds. The molecule has 1 rings (SSSR count). The highest BCUT2D eigenvalue weighted by Crippen LogP contribution is 2.16. The van der Waals surface area contributed by atoms with Gasteiger partial charge in [-0.1, -0.05) is 17.2 Å². The van der Waals surface area contributed by atoms with Gasteiger partial charge in [-0.2, -0.15) is 5.10 Å². The molecular weight excluding hydrogens is 200 g/mol. The summed E-state index contributed by atoms with van der Waals surface area (Å²) in [6.07, 6.45) is 3.06. The molecule has 1 heterocycles. The van der Waals surface area contributed by atoms with Gasteiger partial charge in [-0.05, 0) is 26.8 Å². The molecule has 76 valence electrons. The first kappa shape index (κ1) is 11.0. The normalized spacial score (nSPS) is 10.0. The molecule has 4 heteroatoms. The van der Waals surface area contributed by atoms with E-state index in [9.17, 15) is 4.79 Å². The maximum atomic E-state index is 11.7. The van der Waals surface area contributed by atoms with Crippen LogP contribution in [-0.2, 0) is 6.54 Å². The van der Waals surface area contributed by atoms with E-state index in [4.69, 9.17) is 11.6 Å². The first-order valence-corrected chi connectivity index (χ1v) is 4.84. The van der Waals surface area contributed by atoms with Crippen molar-refractivity contribution >= 4 is 17.4 Å². The molecule has 0 aliphatic carbocycles. The lowest BCUT2D eigenvalue weighted by molar-refractivity contribution is 0.103. The highest BCUT2D eigenvalue weighted by molar-refractivity contribution is 6.34. The Kier molecular flexibility index (Phi) is 3.47. The average molecular weight is 213 g/mol. The molecule has 0 aliphatic rings. The van der Waals surface area contributed by atoms with E-state index in [0.29, 0.717) is 17.3 Å². The average Bonchev–Trinajstić information content (AvgIpc) is 2.45. The highest BCUT2D eigenvalue weighted by atomic mass is 35.5. The molecule has 0 radical (unpaired) electrons. The van der Waals surface area contributed by atoms with Crippen LogP contribution in [-0.4, -0.2) is 15.6 Å². The molecule has 0 fully saturated rings. The van der Waals surface area contributed by atoms with Gasteiger partial charge >= 0.3 is 0 Å². The van der Waals surface area contributed by atoms with Crippen LogP contribution in [0.4, 0.5) is 0 Å².